The van der Waals surface area contributed by atoms with Crippen LogP contribution in [-0.2, 0) is 0 Å². The second-order valence-electron chi connectivity index (χ2n) is 3.32. The lowest BCUT2D eigenvalue weighted by Gasteiger charge is -1.94. The van der Waals surface area contributed by atoms with Gasteiger partial charge in [-0.25, -0.2) is 0 Å². The molecule has 0 atom stereocenters. The van der Waals surface area contributed by atoms with E-state index in [4.69, 9.17) is 4.42 Å². The molecule has 0 spiro atoms. The van der Waals surface area contributed by atoms with Gasteiger partial charge in [0.2, 0.25) is 5.89 Å². The van der Waals surface area contributed by atoms with Gasteiger partial charge >= 0.3 is 0 Å². The molecule has 4 heteroatoms. The van der Waals surface area contributed by atoms with Crippen LogP contribution in [0.25, 0.3) is 11.6 Å². The van der Waals surface area contributed by atoms with E-state index < -0.39 is 0 Å². The first kappa shape index (κ1) is 8.87. The maximum Gasteiger partial charge on any atom is 0.266 e. The number of nitrogens with zero attached hydrogens (tertiary/aromatic N) is 3. The second-order valence-corrected chi connectivity index (χ2v) is 3.32. The van der Waals surface area contributed by atoms with E-state index in [1.807, 2.05) is 32.0 Å². The van der Waals surface area contributed by atoms with Crippen LogP contribution in [0.1, 0.15) is 25.7 Å². The van der Waals surface area contributed by atoms with Crippen LogP contribution < -0.4 is 0 Å². The molecule has 4 nitrogen and oxygen atoms in total. The topological polar surface area (TPSA) is 51.8 Å². The summed E-state index contributed by atoms with van der Waals surface area (Å²) >= 11 is 0. The third-order valence-electron chi connectivity index (χ3n) is 1.82. The van der Waals surface area contributed by atoms with Gasteiger partial charge in [-0.3, -0.25) is 4.98 Å². The van der Waals surface area contributed by atoms with Crippen molar-refractivity contribution in [2.45, 2.75) is 19.8 Å². The van der Waals surface area contributed by atoms with Crippen molar-refractivity contribution >= 4 is 0 Å². The zero-order valence-electron chi connectivity index (χ0n) is 8.14. The molecular weight excluding hydrogens is 178 g/mol. The number of pyridine rings is 1. The predicted molar refractivity (Wildman–Crippen MR) is 51.6 cm³/mol. The summed E-state index contributed by atoms with van der Waals surface area (Å²) in [7, 11) is 0. The Bertz CT molecular complexity index is 408. The van der Waals surface area contributed by atoms with E-state index in [2.05, 4.69) is 15.2 Å². The molecule has 0 aromatic carbocycles. The third-order valence-corrected chi connectivity index (χ3v) is 1.82. The van der Waals surface area contributed by atoms with Gasteiger partial charge < -0.3 is 4.42 Å². The minimum absolute atomic E-state index is 0.250. The molecule has 0 bridgehead atoms. The molecule has 0 aliphatic heterocycles. The third kappa shape index (κ3) is 1.64. The molecular formula is C10H11N3O. The SMILES string of the molecule is CC(C)c1nnc(-c2ccccn2)o1. The van der Waals surface area contributed by atoms with Gasteiger partial charge in [-0.2, -0.15) is 0 Å². The molecule has 2 aromatic rings. The van der Waals surface area contributed by atoms with Crippen molar-refractivity contribution in [3.05, 3.63) is 30.3 Å². The maximum absolute atomic E-state index is 5.45. The summed E-state index contributed by atoms with van der Waals surface area (Å²) in [6.45, 7) is 4.02. The van der Waals surface area contributed by atoms with Crippen LogP contribution in [0.4, 0.5) is 0 Å². The van der Waals surface area contributed by atoms with E-state index >= 15 is 0 Å². The monoisotopic (exact) mass is 189 g/mol. The van der Waals surface area contributed by atoms with Crippen LogP contribution in [-0.4, -0.2) is 15.2 Å². The number of aromatic nitrogens is 3. The molecule has 0 fully saturated rings. The Balaban J connectivity index is 2.34. The van der Waals surface area contributed by atoms with Crippen LogP contribution in [0.2, 0.25) is 0 Å². The molecule has 0 N–H and O–H groups in total. The zero-order valence-corrected chi connectivity index (χ0v) is 8.14. The highest BCUT2D eigenvalue weighted by Crippen LogP contribution is 2.18. The summed E-state index contributed by atoms with van der Waals surface area (Å²) in [6, 6.07) is 5.59. The average Bonchev–Trinajstić information content (AvgIpc) is 2.68. The summed E-state index contributed by atoms with van der Waals surface area (Å²) in [5.41, 5.74) is 0.715. The molecule has 0 unspecified atom stereocenters. The smallest absolute Gasteiger partial charge is 0.266 e. The molecule has 2 rings (SSSR count). The van der Waals surface area contributed by atoms with Crippen LogP contribution >= 0.6 is 0 Å². The van der Waals surface area contributed by atoms with Crippen molar-refractivity contribution in [2.75, 3.05) is 0 Å². The summed E-state index contributed by atoms with van der Waals surface area (Å²) < 4.78 is 5.45. The fraction of sp³-hybridized carbons (Fsp3) is 0.300. The molecule has 0 amide bonds. The first-order chi connectivity index (χ1) is 6.77. The Hall–Kier alpha value is -1.71. The van der Waals surface area contributed by atoms with Gasteiger partial charge in [-0.15, -0.1) is 10.2 Å². The number of hydrogen-bond acceptors (Lipinski definition) is 4. The Morgan fingerprint density at radius 3 is 2.64 bits per heavy atom. The van der Waals surface area contributed by atoms with Crippen molar-refractivity contribution in [3.8, 4) is 11.6 Å². The Morgan fingerprint density at radius 1 is 1.21 bits per heavy atom. The Kier molecular flexibility index (Phi) is 2.26. The van der Waals surface area contributed by atoms with Gasteiger partial charge in [0.15, 0.2) is 0 Å². The van der Waals surface area contributed by atoms with E-state index in [1.165, 1.54) is 0 Å². The highest BCUT2D eigenvalue weighted by Gasteiger charge is 2.11. The number of rotatable bonds is 2. The lowest BCUT2D eigenvalue weighted by molar-refractivity contribution is 0.480. The van der Waals surface area contributed by atoms with Crippen molar-refractivity contribution < 1.29 is 4.42 Å². The molecule has 0 saturated carbocycles. The minimum atomic E-state index is 0.250. The van der Waals surface area contributed by atoms with Gasteiger partial charge in [-0.1, -0.05) is 19.9 Å². The largest absolute Gasteiger partial charge is 0.419 e. The first-order valence-corrected chi connectivity index (χ1v) is 4.52. The van der Waals surface area contributed by atoms with Crippen LogP contribution in [0.5, 0.6) is 0 Å². The molecule has 0 aliphatic rings. The van der Waals surface area contributed by atoms with Crippen molar-refractivity contribution in [3.63, 3.8) is 0 Å². The van der Waals surface area contributed by atoms with E-state index in [-0.39, 0.29) is 5.92 Å². The molecule has 2 heterocycles. The average molecular weight is 189 g/mol. The quantitative estimate of drug-likeness (QED) is 0.727. The molecule has 14 heavy (non-hydrogen) atoms. The van der Waals surface area contributed by atoms with Crippen LogP contribution in [0.3, 0.4) is 0 Å². The highest BCUT2D eigenvalue weighted by molar-refractivity contribution is 5.44. The Morgan fingerprint density at radius 2 is 2.07 bits per heavy atom. The summed E-state index contributed by atoms with van der Waals surface area (Å²) in [5.74, 6) is 1.37. The van der Waals surface area contributed by atoms with Gasteiger partial charge in [0.25, 0.3) is 5.89 Å². The maximum atomic E-state index is 5.45. The van der Waals surface area contributed by atoms with Crippen LogP contribution in [0, 0.1) is 0 Å². The molecule has 0 aliphatic carbocycles. The van der Waals surface area contributed by atoms with E-state index in [0.29, 0.717) is 17.5 Å². The lowest BCUT2D eigenvalue weighted by atomic mass is 10.2. The van der Waals surface area contributed by atoms with Gasteiger partial charge in [0, 0.05) is 12.1 Å². The van der Waals surface area contributed by atoms with E-state index in [9.17, 15) is 0 Å². The standard InChI is InChI=1S/C10H11N3O/c1-7(2)9-12-13-10(14-9)8-5-3-4-6-11-8/h3-7H,1-2H3. The second kappa shape index (κ2) is 3.57. The Labute approximate surface area is 82.0 Å². The van der Waals surface area contributed by atoms with Crippen LogP contribution in [0.15, 0.2) is 28.8 Å². The first-order valence-electron chi connectivity index (χ1n) is 4.52. The predicted octanol–water partition coefficient (Wildman–Crippen LogP) is 2.25. The molecule has 0 saturated heterocycles. The summed E-state index contributed by atoms with van der Waals surface area (Å²) in [5, 5.41) is 7.86. The van der Waals surface area contributed by atoms with Gasteiger partial charge in [0.05, 0.1) is 0 Å². The van der Waals surface area contributed by atoms with Gasteiger partial charge in [-0.05, 0) is 12.1 Å². The molecule has 0 radical (unpaired) electrons. The fourth-order valence-corrected chi connectivity index (χ4v) is 1.06. The van der Waals surface area contributed by atoms with E-state index in [1.54, 1.807) is 6.20 Å². The minimum Gasteiger partial charge on any atom is -0.419 e. The van der Waals surface area contributed by atoms with E-state index in [0.717, 1.165) is 0 Å². The zero-order chi connectivity index (χ0) is 9.97. The summed E-state index contributed by atoms with van der Waals surface area (Å²) in [4.78, 5) is 4.13. The summed E-state index contributed by atoms with van der Waals surface area (Å²) in [6.07, 6.45) is 1.70. The highest BCUT2D eigenvalue weighted by atomic mass is 16.4. The lowest BCUT2D eigenvalue weighted by Crippen LogP contribution is -1.85. The molecule has 72 valence electrons. The molecule has 2 aromatic heterocycles. The fourth-order valence-electron chi connectivity index (χ4n) is 1.06. The van der Waals surface area contributed by atoms with Crippen molar-refractivity contribution in [1.82, 2.24) is 15.2 Å². The number of hydrogen-bond donors (Lipinski definition) is 0. The van der Waals surface area contributed by atoms with Crippen molar-refractivity contribution in [1.29, 1.82) is 0 Å². The van der Waals surface area contributed by atoms with Gasteiger partial charge in [0.1, 0.15) is 5.69 Å². The normalized spacial score (nSPS) is 10.8. The van der Waals surface area contributed by atoms with Crippen molar-refractivity contribution in [2.24, 2.45) is 0 Å².